The lowest BCUT2D eigenvalue weighted by atomic mass is 10.1. The zero-order chi connectivity index (χ0) is 11.5. The van der Waals surface area contributed by atoms with E-state index in [-0.39, 0.29) is 0 Å². The number of halogens is 1. The van der Waals surface area contributed by atoms with Gasteiger partial charge in [-0.2, -0.15) is 11.8 Å². The van der Waals surface area contributed by atoms with Crippen molar-refractivity contribution in [3.05, 3.63) is 34.3 Å². The van der Waals surface area contributed by atoms with Crippen molar-refractivity contribution in [2.75, 3.05) is 12.0 Å². The first-order chi connectivity index (χ1) is 7.69. The minimum Gasteiger partial charge on any atom is -0.310 e. The number of thioether (sulfide) groups is 1. The largest absolute Gasteiger partial charge is 0.310 e. The molecule has 0 heterocycles. The second-order valence-corrected chi connectivity index (χ2v) is 5.89. The fourth-order valence-corrected chi connectivity index (χ4v) is 3.20. The van der Waals surface area contributed by atoms with Crippen molar-refractivity contribution in [3.8, 4) is 0 Å². The molecule has 0 aromatic heterocycles. The van der Waals surface area contributed by atoms with Crippen molar-refractivity contribution in [2.24, 2.45) is 0 Å². The average Bonchev–Trinajstić information content (AvgIpc) is 2.59. The number of nitrogens with one attached hydrogen (secondary N) is 1. The van der Waals surface area contributed by atoms with Crippen LogP contribution in [-0.4, -0.2) is 24.1 Å². The lowest BCUT2D eigenvalue weighted by Gasteiger charge is -2.18. The van der Waals surface area contributed by atoms with Crippen LogP contribution in [0.5, 0.6) is 0 Å². The molecule has 1 aromatic carbocycles. The van der Waals surface area contributed by atoms with Gasteiger partial charge in [-0.1, -0.05) is 17.7 Å². The molecular formula is C13H18ClNS. The van der Waals surface area contributed by atoms with E-state index in [9.17, 15) is 0 Å². The summed E-state index contributed by atoms with van der Waals surface area (Å²) < 4.78 is 0. The first-order valence-corrected chi connectivity index (χ1v) is 7.48. The Balaban J connectivity index is 1.95. The van der Waals surface area contributed by atoms with E-state index in [0.29, 0.717) is 12.1 Å². The molecule has 0 bridgehead atoms. The molecule has 0 fully saturated rings. The maximum Gasteiger partial charge on any atom is 0.0408 e. The molecule has 1 nitrogen and oxygen atoms in total. The summed E-state index contributed by atoms with van der Waals surface area (Å²) in [7, 11) is 0. The SMILES string of the molecule is CSCC(C)NC1Cc2ccc(Cl)cc2C1. The number of rotatable bonds is 4. The molecule has 0 spiro atoms. The van der Waals surface area contributed by atoms with E-state index in [1.807, 2.05) is 17.8 Å². The van der Waals surface area contributed by atoms with Crippen LogP contribution in [0.25, 0.3) is 0 Å². The van der Waals surface area contributed by atoms with Gasteiger partial charge in [0.25, 0.3) is 0 Å². The summed E-state index contributed by atoms with van der Waals surface area (Å²) in [5.41, 5.74) is 2.87. The molecule has 0 aliphatic heterocycles. The standard InChI is InChI=1S/C13H18ClNS/c1-9(8-16-2)15-13-6-10-3-4-12(14)5-11(10)7-13/h3-5,9,13,15H,6-8H2,1-2H3. The summed E-state index contributed by atoms with van der Waals surface area (Å²) >= 11 is 7.90. The van der Waals surface area contributed by atoms with Crippen LogP contribution in [0.1, 0.15) is 18.1 Å². The molecule has 1 aliphatic rings. The molecular weight excluding hydrogens is 238 g/mol. The van der Waals surface area contributed by atoms with E-state index in [0.717, 1.165) is 17.9 Å². The number of benzene rings is 1. The Labute approximate surface area is 107 Å². The fraction of sp³-hybridized carbons (Fsp3) is 0.538. The lowest BCUT2D eigenvalue weighted by molar-refractivity contribution is 0.482. The van der Waals surface area contributed by atoms with Gasteiger partial charge in [-0.05, 0) is 49.3 Å². The Hall–Kier alpha value is -0.180. The van der Waals surface area contributed by atoms with Crippen molar-refractivity contribution in [1.82, 2.24) is 5.32 Å². The van der Waals surface area contributed by atoms with Crippen molar-refractivity contribution in [1.29, 1.82) is 0 Å². The molecule has 0 saturated heterocycles. The molecule has 3 heteroatoms. The van der Waals surface area contributed by atoms with E-state index >= 15 is 0 Å². The van der Waals surface area contributed by atoms with Crippen molar-refractivity contribution < 1.29 is 0 Å². The molecule has 0 amide bonds. The van der Waals surface area contributed by atoms with E-state index in [1.165, 1.54) is 16.9 Å². The van der Waals surface area contributed by atoms with Crippen LogP contribution in [-0.2, 0) is 12.8 Å². The third kappa shape index (κ3) is 2.93. The Kier molecular flexibility index (Phi) is 4.17. The Morgan fingerprint density at radius 2 is 2.19 bits per heavy atom. The van der Waals surface area contributed by atoms with Gasteiger partial charge in [-0.15, -0.1) is 0 Å². The van der Waals surface area contributed by atoms with Crippen LogP contribution in [0, 0.1) is 0 Å². The molecule has 16 heavy (non-hydrogen) atoms. The highest BCUT2D eigenvalue weighted by Crippen LogP contribution is 2.25. The minimum atomic E-state index is 0.588. The van der Waals surface area contributed by atoms with Crippen molar-refractivity contribution in [3.63, 3.8) is 0 Å². The van der Waals surface area contributed by atoms with E-state index < -0.39 is 0 Å². The van der Waals surface area contributed by atoms with E-state index in [2.05, 4.69) is 30.6 Å². The quantitative estimate of drug-likeness (QED) is 0.887. The maximum absolute atomic E-state index is 6.00. The van der Waals surface area contributed by atoms with Gasteiger partial charge in [0, 0.05) is 22.9 Å². The minimum absolute atomic E-state index is 0.588. The van der Waals surface area contributed by atoms with Gasteiger partial charge < -0.3 is 5.32 Å². The highest BCUT2D eigenvalue weighted by Gasteiger charge is 2.22. The van der Waals surface area contributed by atoms with Gasteiger partial charge in [0.15, 0.2) is 0 Å². The smallest absolute Gasteiger partial charge is 0.0408 e. The van der Waals surface area contributed by atoms with Gasteiger partial charge in [-0.25, -0.2) is 0 Å². The van der Waals surface area contributed by atoms with Gasteiger partial charge in [0.2, 0.25) is 0 Å². The number of fused-ring (bicyclic) bond motifs is 1. The van der Waals surface area contributed by atoms with E-state index in [4.69, 9.17) is 11.6 Å². The van der Waals surface area contributed by atoms with Gasteiger partial charge >= 0.3 is 0 Å². The molecule has 2 unspecified atom stereocenters. The summed E-state index contributed by atoms with van der Waals surface area (Å²) in [5.74, 6) is 1.17. The third-order valence-electron chi connectivity index (χ3n) is 3.04. The van der Waals surface area contributed by atoms with Crippen LogP contribution in [0.15, 0.2) is 18.2 Å². The molecule has 88 valence electrons. The number of hydrogen-bond donors (Lipinski definition) is 1. The predicted octanol–water partition coefficient (Wildman–Crippen LogP) is 3.15. The second-order valence-electron chi connectivity index (χ2n) is 4.54. The molecule has 1 aliphatic carbocycles. The highest BCUT2D eigenvalue weighted by molar-refractivity contribution is 7.98. The fourth-order valence-electron chi connectivity index (χ4n) is 2.41. The van der Waals surface area contributed by atoms with Crippen LogP contribution in [0.2, 0.25) is 5.02 Å². The van der Waals surface area contributed by atoms with Crippen LogP contribution in [0.4, 0.5) is 0 Å². The Morgan fingerprint density at radius 3 is 2.94 bits per heavy atom. The van der Waals surface area contributed by atoms with Crippen molar-refractivity contribution >= 4 is 23.4 Å². The first-order valence-electron chi connectivity index (χ1n) is 5.71. The molecule has 2 rings (SSSR count). The molecule has 0 saturated carbocycles. The van der Waals surface area contributed by atoms with Crippen LogP contribution < -0.4 is 5.32 Å². The summed E-state index contributed by atoms with van der Waals surface area (Å²) in [4.78, 5) is 0. The summed E-state index contributed by atoms with van der Waals surface area (Å²) in [5, 5.41) is 4.54. The van der Waals surface area contributed by atoms with E-state index in [1.54, 1.807) is 0 Å². The summed E-state index contributed by atoms with van der Waals surface area (Å²) in [6.07, 6.45) is 4.42. The topological polar surface area (TPSA) is 12.0 Å². The zero-order valence-electron chi connectivity index (χ0n) is 9.79. The van der Waals surface area contributed by atoms with Gasteiger partial charge in [-0.3, -0.25) is 0 Å². The van der Waals surface area contributed by atoms with Crippen LogP contribution in [0.3, 0.4) is 0 Å². The monoisotopic (exact) mass is 255 g/mol. The van der Waals surface area contributed by atoms with Gasteiger partial charge in [0.05, 0.1) is 0 Å². The normalized spacial score (nSPS) is 20.8. The third-order valence-corrected chi connectivity index (χ3v) is 4.11. The molecule has 0 radical (unpaired) electrons. The molecule has 1 aromatic rings. The van der Waals surface area contributed by atoms with Crippen molar-refractivity contribution in [2.45, 2.75) is 31.8 Å². The Morgan fingerprint density at radius 1 is 1.44 bits per heavy atom. The highest BCUT2D eigenvalue weighted by atomic mass is 35.5. The summed E-state index contributed by atoms with van der Waals surface area (Å²) in [6.45, 7) is 2.26. The number of hydrogen-bond acceptors (Lipinski definition) is 2. The lowest BCUT2D eigenvalue weighted by Crippen LogP contribution is -2.38. The summed E-state index contributed by atoms with van der Waals surface area (Å²) in [6, 6.07) is 7.45. The Bertz CT molecular complexity index is 367. The molecule has 1 N–H and O–H groups in total. The molecule has 2 atom stereocenters. The van der Waals surface area contributed by atoms with Crippen LogP contribution >= 0.6 is 23.4 Å². The second kappa shape index (κ2) is 5.44. The maximum atomic E-state index is 6.00. The average molecular weight is 256 g/mol. The predicted molar refractivity (Wildman–Crippen MR) is 73.6 cm³/mol. The zero-order valence-corrected chi connectivity index (χ0v) is 11.4. The first kappa shape index (κ1) is 12.3. The van der Waals surface area contributed by atoms with Gasteiger partial charge in [0.1, 0.15) is 0 Å².